The van der Waals surface area contributed by atoms with Crippen molar-refractivity contribution in [2.45, 2.75) is 42.5 Å². The van der Waals surface area contributed by atoms with Crippen LogP contribution in [0.2, 0.25) is 0 Å². The van der Waals surface area contributed by atoms with Crippen LogP contribution in [0.15, 0.2) is 30.3 Å². The van der Waals surface area contributed by atoms with Crippen LogP contribution >= 0.6 is 24.2 Å². The summed E-state index contributed by atoms with van der Waals surface area (Å²) >= 11 is 1.90. The molecule has 0 aromatic heterocycles. The Kier molecular flexibility index (Phi) is 5.58. The number of methoxy groups -OCH3 is 1. The van der Waals surface area contributed by atoms with Gasteiger partial charge in [-0.2, -0.15) is 0 Å². The van der Waals surface area contributed by atoms with E-state index in [-0.39, 0.29) is 29.3 Å². The van der Waals surface area contributed by atoms with Crippen molar-refractivity contribution in [1.82, 2.24) is 5.32 Å². The van der Waals surface area contributed by atoms with Crippen LogP contribution in [0.5, 0.6) is 0 Å². The second kappa shape index (κ2) is 7.03. The second-order valence-corrected chi connectivity index (χ2v) is 7.11. The van der Waals surface area contributed by atoms with Crippen molar-refractivity contribution in [3.63, 3.8) is 0 Å². The first-order valence-electron chi connectivity index (χ1n) is 7.27. The molecule has 1 aliphatic heterocycles. The molecule has 1 saturated heterocycles. The van der Waals surface area contributed by atoms with E-state index in [0.29, 0.717) is 5.92 Å². The number of nitrogens with one attached hydrogen (secondary N) is 1. The van der Waals surface area contributed by atoms with Gasteiger partial charge in [-0.3, -0.25) is 10.1 Å². The Bertz CT molecular complexity index is 474. The summed E-state index contributed by atoms with van der Waals surface area (Å²) in [6.07, 6.45) is 4.64. The number of hydrogen-bond donors (Lipinski definition) is 1. The number of hydrogen-bond acceptors (Lipinski definition) is 4. The molecule has 0 amide bonds. The molecule has 3 nitrogen and oxygen atoms in total. The molecule has 1 atom stereocenters. The highest BCUT2D eigenvalue weighted by Gasteiger charge is 2.44. The van der Waals surface area contributed by atoms with E-state index >= 15 is 0 Å². The van der Waals surface area contributed by atoms with E-state index in [9.17, 15) is 4.79 Å². The minimum Gasteiger partial charge on any atom is -0.468 e. The van der Waals surface area contributed by atoms with Crippen LogP contribution in [0.3, 0.4) is 0 Å². The number of ether oxygens (including phenoxy) is 1. The lowest BCUT2D eigenvalue weighted by atomic mass is 9.81. The van der Waals surface area contributed by atoms with Crippen LogP contribution < -0.4 is 5.32 Å². The molecule has 5 heteroatoms. The monoisotopic (exact) mass is 327 g/mol. The van der Waals surface area contributed by atoms with E-state index in [1.165, 1.54) is 25.5 Å². The zero-order chi connectivity index (χ0) is 14.0. The standard InChI is InChI=1S/C16H21NO2S.ClH/c1-19-15(18)14-11-20-16(17-14)9-7-13(8-10-16)12-5-3-2-4-6-12;/h2-6,13-14,17H,7-11H2,1H3;1H/t13?,14-,16?;/m0./s1. The van der Waals surface area contributed by atoms with Gasteiger partial charge in [-0.05, 0) is 37.2 Å². The number of carbonyl (C=O) groups excluding carboxylic acids is 1. The normalized spacial score (nSPS) is 31.7. The number of halogens is 1. The maximum absolute atomic E-state index is 11.6. The summed E-state index contributed by atoms with van der Waals surface area (Å²) in [7, 11) is 1.46. The zero-order valence-corrected chi connectivity index (χ0v) is 13.8. The largest absolute Gasteiger partial charge is 0.468 e. The fourth-order valence-corrected chi connectivity index (χ4v) is 4.80. The smallest absolute Gasteiger partial charge is 0.323 e. The van der Waals surface area contributed by atoms with Crippen LogP contribution in [-0.4, -0.2) is 29.7 Å². The summed E-state index contributed by atoms with van der Waals surface area (Å²) in [5.74, 6) is 1.38. The summed E-state index contributed by atoms with van der Waals surface area (Å²) in [5, 5.41) is 3.52. The van der Waals surface area contributed by atoms with Crippen molar-refractivity contribution in [1.29, 1.82) is 0 Å². The van der Waals surface area contributed by atoms with Crippen molar-refractivity contribution in [3.05, 3.63) is 35.9 Å². The van der Waals surface area contributed by atoms with Gasteiger partial charge in [0.15, 0.2) is 0 Å². The molecular formula is C16H22ClNO2S. The number of benzene rings is 1. The maximum Gasteiger partial charge on any atom is 0.323 e. The lowest BCUT2D eigenvalue weighted by Gasteiger charge is -2.37. The molecule has 1 spiro atoms. The van der Waals surface area contributed by atoms with Crippen LogP contribution in [-0.2, 0) is 9.53 Å². The lowest BCUT2D eigenvalue weighted by Crippen LogP contribution is -2.47. The first kappa shape index (κ1) is 16.7. The van der Waals surface area contributed by atoms with Gasteiger partial charge in [-0.15, -0.1) is 24.2 Å². The highest BCUT2D eigenvalue weighted by molar-refractivity contribution is 8.00. The third-order valence-corrected chi connectivity index (χ3v) is 6.09. The fraction of sp³-hybridized carbons (Fsp3) is 0.562. The summed E-state index contributed by atoms with van der Waals surface area (Å²) < 4.78 is 4.84. The summed E-state index contributed by atoms with van der Waals surface area (Å²) in [6, 6.07) is 10.6. The molecule has 2 aliphatic rings. The molecule has 2 fully saturated rings. The first-order valence-corrected chi connectivity index (χ1v) is 8.25. The first-order chi connectivity index (χ1) is 9.72. The van der Waals surface area contributed by atoms with Crippen LogP contribution in [0.4, 0.5) is 0 Å². The molecular weight excluding hydrogens is 306 g/mol. The Morgan fingerprint density at radius 2 is 1.95 bits per heavy atom. The molecule has 1 aliphatic carbocycles. The number of carbonyl (C=O) groups is 1. The predicted octanol–water partition coefficient (Wildman–Crippen LogP) is 3.34. The molecule has 0 radical (unpaired) electrons. The minimum absolute atomic E-state index is 0. The van der Waals surface area contributed by atoms with Gasteiger partial charge in [0, 0.05) is 5.75 Å². The maximum atomic E-state index is 11.6. The third kappa shape index (κ3) is 3.55. The average Bonchev–Trinajstić information content (AvgIpc) is 2.92. The SMILES string of the molecule is COC(=O)[C@@H]1CSC2(CCC(c3ccccc3)CC2)N1.Cl. The Morgan fingerprint density at radius 3 is 2.57 bits per heavy atom. The fourth-order valence-electron chi connectivity index (χ4n) is 3.34. The van der Waals surface area contributed by atoms with Crippen LogP contribution in [0.25, 0.3) is 0 Å². The van der Waals surface area contributed by atoms with Crippen molar-refractivity contribution >= 4 is 30.1 Å². The molecule has 21 heavy (non-hydrogen) atoms. The summed E-state index contributed by atoms with van der Waals surface area (Å²) in [4.78, 5) is 11.7. The van der Waals surface area contributed by atoms with Gasteiger partial charge >= 0.3 is 5.97 Å². The van der Waals surface area contributed by atoms with Gasteiger partial charge in [-0.1, -0.05) is 30.3 Å². The number of thioether (sulfide) groups is 1. The molecule has 0 bridgehead atoms. The Balaban J connectivity index is 0.00000161. The molecule has 1 heterocycles. The number of esters is 1. The van der Waals surface area contributed by atoms with Gasteiger partial charge in [0.05, 0.1) is 12.0 Å². The van der Waals surface area contributed by atoms with Gasteiger partial charge in [-0.25, -0.2) is 0 Å². The van der Waals surface area contributed by atoms with Gasteiger partial charge in [0.25, 0.3) is 0 Å². The molecule has 116 valence electrons. The molecule has 1 N–H and O–H groups in total. The van der Waals surface area contributed by atoms with Crippen molar-refractivity contribution in [2.24, 2.45) is 0 Å². The average molecular weight is 328 g/mol. The van der Waals surface area contributed by atoms with Crippen LogP contribution in [0.1, 0.15) is 37.2 Å². The van der Waals surface area contributed by atoms with Gasteiger partial charge in [0.1, 0.15) is 6.04 Å². The van der Waals surface area contributed by atoms with Gasteiger partial charge in [0.2, 0.25) is 0 Å². The van der Waals surface area contributed by atoms with Gasteiger partial charge < -0.3 is 4.74 Å². The van der Waals surface area contributed by atoms with Crippen molar-refractivity contribution in [3.8, 4) is 0 Å². The molecule has 0 unspecified atom stereocenters. The van der Waals surface area contributed by atoms with Crippen molar-refractivity contribution in [2.75, 3.05) is 12.9 Å². The lowest BCUT2D eigenvalue weighted by molar-refractivity contribution is -0.142. The topological polar surface area (TPSA) is 38.3 Å². The van der Waals surface area contributed by atoms with E-state index in [0.717, 1.165) is 18.6 Å². The molecule has 1 aromatic rings. The highest BCUT2D eigenvalue weighted by atomic mass is 35.5. The van der Waals surface area contributed by atoms with E-state index < -0.39 is 0 Å². The van der Waals surface area contributed by atoms with Crippen molar-refractivity contribution < 1.29 is 9.53 Å². The summed E-state index contributed by atoms with van der Waals surface area (Å²) in [6.45, 7) is 0. The minimum atomic E-state index is -0.127. The second-order valence-electron chi connectivity index (χ2n) is 5.71. The Morgan fingerprint density at radius 1 is 1.29 bits per heavy atom. The summed E-state index contributed by atoms with van der Waals surface area (Å²) in [5.41, 5.74) is 1.45. The highest BCUT2D eigenvalue weighted by Crippen LogP contribution is 2.46. The quantitative estimate of drug-likeness (QED) is 0.845. The van der Waals surface area contributed by atoms with E-state index in [1.54, 1.807) is 0 Å². The third-order valence-electron chi connectivity index (χ3n) is 4.51. The predicted molar refractivity (Wildman–Crippen MR) is 89.0 cm³/mol. The molecule has 3 rings (SSSR count). The Labute approximate surface area is 136 Å². The molecule has 1 saturated carbocycles. The molecule has 1 aromatic carbocycles. The zero-order valence-electron chi connectivity index (χ0n) is 12.2. The van der Waals surface area contributed by atoms with E-state index in [2.05, 4.69) is 35.6 Å². The van der Waals surface area contributed by atoms with E-state index in [1.807, 2.05) is 11.8 Å². The van der Waals surface area contributed by atoms with Crippen LogP contribution in [0, 0.1) is 0 Å². The Hall–Kier alpha value is -0.710. The van der Waals surface area contributed by atoms with E-state index in [4.69, 9.17) is 4.74 Å². The number of rotatable bonds is 2.